The summed E-state index contributed by atoms with van der Waals surface area (Å²) in [6, 6.07) is 7.27. The van der Waals surface area contributed by atoms with E-state index in [1.807, 2.05) is 24.3 Å². The van der Waals surface area contributed by atoms with Crippen LogP contribution in [-0.4, -0.2) is 36.4 Å². The highest BCUT2D eigenvalue weighted by Crippen LogP contribution is 2.15. The van der Waals surface area contributed by atoms with E-state index in [2.05, 4.69) is 0 Å². The molecule has 0 bridgehead atoms. The molecule has 2 rings (SSSR count). The van der Waals surface area contributed by atoms with Crippen molar-refractivity contribution in [1.29, 1.82) is 0 Å². The lowest BCUT2D eigenvalue weighted by Crippen LogP contribution is -2.41. The topological polar surface area (TPSA) is 116 Å². The summed E-state index contributed by atoms with van der Waals surface area (Å²) in [4.78, 5) is 0. The van der Waals surface area contributed by atoms with Gasteiger partial charge in [-0.05, 0) is 25.0 Å². The molecule has 26 heavy (non-hydrogen) atoms. The molecule has 0 amide bonds. The summed E-state index contributed by atoms with van der Waals surface area (Å²) in [5.41, 5.74) is 1.80. The summed E-state index contributed by atoms with van der Waals surface area (Å²) in [7, 11) is -8.15. The highest BCUT2D eigenvalue weighted by Gasteiger charge is 2.23. The number of pyridine rings is 2. The van der Waals surface area contributed by atoms with E-state index in [1.165, 1.54) is 13.8 Å². The molecule has 0 aromatic carbocycles. The minimum absolute atomic E-state index is 0.140. The average molecular weight is 402 g/mol. The first kappa shape index (κ1) is 20.4. The second kappa shape index (κ2) is 7.78. The summed E-state index contributed by atoms with van der Waals surface area (Å²) in [5, 5.41) is -1.81. The van der Waals surface area contributed by atoms with Gasteiger partial charge in [0.15, 0.2) is 37.9 Å². The zero-order valence-corrected chi connectivity index (χ0v) is 16.1. The highest BCUT2D eigenvalue weighted by molar-refractivity contribution is 7.86. The van der Waals surface area contributed by atoms with E-state index in [0.717, 1.165) is 11.1 Å². The smallest absolute Gasteiger partial charge is 0.273 e. The predicted octanol–water partition coefficient (Wildman–Crippen LogP) is 0.481. The molecular weight excluding hydrogens is 380 g/mol. The molecule has 0 aliphatic carbocycles. The first-order valence-electron chi connectivity index (χ1n) is 7.88. The van der Waals surface area contributed by atoms with Crippen LogP contribution in [0.25, 0.3) is 11.1 Å². The SMILES string of the molecule is CC(C[n+]1ccc(-c2cc[n+](C[C@@H](C)S(=O)(=O)O)cc2)cc1)S(=O)(=O)O. The fourth-order valence-corrected chi connectivity index (χ4v) is 3.05. The summed E-state index contributed by atoms with van der Waals surface area (Å²) in [6.07, 6.45) is 6.88. The Morgan fingerprint density at radius 2 is 1.00 bits per heavy atom. The van der Waals surface area contributed by atoms with Crippen molar-refractivity contribution in [3.63, 3.8) is 0 Å². The third-order valence-corrected chi connectivity index (χ3v) is 6.40. The maximum atomic E-state index is 11.1. The van der Waals surface area contributed by atoms with Gasteiger partial charge in [-0.2, -0.15) is 16.8 Å². The standard InChI is InChI=1S/C16H20N2O6S2/c1-13(25(19,20)21)11-17-7-3-15(4-8-17)16-5-9-18(10-6-16)12-14(2)26(22,23)24/h3-10,13-14H,11-12H2,1-2H3/p+2/t13-,14?/m1/s1. The summed E-state index contributed by atoms with van der Waals surface area (Å²) in [5.74, 6) is 0. The number of nitrogens with zero attached hydrogens (tertiary/aromatic N) is 2. The van der Waals surface area contributed by atoms with Crippen LogP contribution in [0.5, 0.6) is 0 Å². The van der Waals surface area contributed by atoms with Crippen molar-refractivity contribution in [2.45, 2.75) is 37.4 Å². The fraction of sp³-hybridized carbons (Fsp3) is 0.375. The Bertz CT molecular complexity index is 873. The Morgan fingerprint density at radius 3 is 1.23 bits per heavy atom. The van der Waals surface area contributed by atoms with E-state index in [-0.39, 0.29) is 13.1 Å². The Labute approximate surface area is 153 Å². The van der Waals surface area contributed by atoms with Crippen LogP contribution in [0.1, 0.15) is 13.8 Å². The van der Waals surface area contributed by atoms with Gasteiger partial charge in [0.1, 0.15) is 10.5 Å². The minimum atomic E-state index is -4.07. The maximum Gasteiger partial charge on any atom is 0.273 e. The van der Waals surface area contributed by atoms with Crippen LogP contribution in [0, 0.1) is 0 Å². The molecule has 2 heterocycles. The van der Waals surface area contributed by atoms with Crippen molar-refractivity contribution < 1.29 is 35.1 Å². The lowest BCUT2D eigenvalue weighted by Gasteiger charge is -2.06. The average Bonchev–Trinajstić information content (AvgIpc) is 2.54. The van der Waals surface area contributed by atoms with Crippen molar-refractivity contribution in [2.24, 2.45) is 0 Å². The fourth-order valence-electron chi connectivity index (χ4n) is 2.33. The molecule has 0 aliphatic rings. The Balaban J connectivity index is 2.10. The highest BCUT2D eigenvalue weighted by atomic mass is 32.2. The lowest BCUT2D eigenvalue weighted by molar-refractivity contribution is -0.696. The van der Waals surface area contributed by atoms with Crippen molar-refractivity contribution in [3.8, 4) is 11.1 Å². The van der Waals surface area contributed by atoms with E-state index in [0.29, 0.717) is 0 Å². The predicted molar refractivity (Wildman–Crippen MR) is 94.3 cm³/mol. The normalized spacial score (nSPS) is 14.8. The molecule has 1 unspecified atom stereocenters. The Hall–Kier alpha value is -1.88. The van der Waals surface area contributed by atoms with Crippen LogP contribution in [-0.2, 0) is 33.3 Å². The van der Waals surface area contributed by atoms with Crippen LogP contribution >= 0.6 is 0 Å². The second-order valence-electron chi connectivity index (χ2n) is 6.22. The Kier molecular flexibility index (Phi) is 6.12. The molecule has 8 nitrogen and oxygen atoms in total. The van der Waals surface area contributed by atoms with E-state index in [4.69, 9.17) is 9.11 Å². The van der Waals surface area contributed by atoms with Crippen LogP contribution in [0.4, 0.5) is 0 Å². The quantitative estimate of drug-likeness (QED) is 0.514. The van der Waals surface area contributed by atoms with E-state index >= 15 is 0 Å². The van der Waals surface area contributed by atoms with Gasteiger partial charge < -0.3 is 0 Å². The molecular formula is C16H22N2O6S2+2. The van der Waals surface area contributed by atoms with Gasteiger partial charge in [0.25, 0.3) is 20.2 Å². The maximum absolute atomic E-state index is 11.1. The van der Waals surface area contributed by atoms with Crippen LogP contribution in [0.2, 0.25) is 0 Å². The first-order valence-corrected chi connectivity index (χ1v) is 10.9. The van der Waals surface area contributed by atoms with E-state index in [1.54, 1.807) is 33.9 Å². The molecule has 0 fully saturated rings. The summed E-state index contributed by atoms with van der Waals surface area (Å²) >= 11 is 0. The third kappa shape index (κ3) is 5.56. The van der Waals surface area contributed by atoms with Gasteiger partial charge >= 0.3 is 0 Å². The molecule has 0 saturated carbocycles. The van der Waals surface area contributed by atoms with Crippen molar-refractivity contribution in [3.05, 3.63) is 49.1 Å². The van der Waals surface area contributed by atoms with Gasteiger partial charge in [0.2, 0.25) is 0 Å². The number of hydrogen-bond donors (Lipinski definition) is 2. The van der Waals surface area contributed by atoms with Crippen LogP contribution in [0.3, 0.4) is 0 Å². The molecule has 142 valence electrons. The van der Waals surface area contributed by atoms with Gasteiger partial charge in [-0.1, -0.05) is 0 Å². The van der Waals surface area contributed by atoms with E-state index < -0.39 is 30.7 Å². The van der Waals surface area contributed by atoms with Crippen LogP contribution < -0.4 is 9.13 Å². The molecule has 10 heteroatoms. The van der Waals surface area contributed by atoms with Gasteiger partial charge in [-0.3, -0.25) is 9.11 Å². The molecule has 0 aliphatic heterocycles. The zero-order chi connectivity index (χ0) is 19.5. The lowest BCUT2D eigenvalue weighted by atomic mass is 10.1. The van der Waals surface area contributed by atoms with Crippen molar-refractivity contribution in [2.75, 3.05) is 0 Å². The number of hydrogen-bond acceptors (Lipinski definition) is 4. The molecule has 0 saturated heterocycles. The molecule has 0 radical (unpaired) electrons. The monoisotopic (exact) mass is 402 g/mol. The van der Waals surface area contributed by atoms with Crippen molar-refractivity contribution >= 4 is 20.2 Å². The molecule has 2 aromatic heterocycles. The van der Waals surface area contributed by atoms with E-state index in [9.17, 15) is 16.8 Å². The second-order valence-corrected chi connectivity index (χ2v) is 9.89. The summed E-state index contributed by atoms with van der Waals surface area (Å²) in [6.45, 7) is 3.14. The van der Waals surface area contributed by atoms with Gasteiger partial charge in [-0.25, -0.2) is 9.13 Å². The minimum Gasteiger partial charge on any atom is -0.285 e. The van der Waals surface area contributed by atoms with Crippen molar-refractivity contribution in [1.82, 2.24) is 0 Å². The Morgan fingerprint density at radius 1 is 0.731 bits per heavy atom. The van der Waals surface area contributed by atoms with Crippen LogP contribution in [0.15, 0.2) is 49.1 Å². The van der Waals surface area contributed by atoms with Gasteiger partial charge in [0.05, 0.1) is 0 Å². The molecule has 2 aromatic rings. The summed E-state index contributed by atoms with van der Waals surface area (Å²) < 4.78 is 65.7. The first-order chi connectivity index (χ1) is 12.0. The largest absolute Gasteiger partial charge is 0.285 e. The number of aromatic nitrogens is 2. The molecule has 0 spiro atoms. The molecule has 2 atom stereocenters. The molecule has 2 N–H and O–H groups in total. The zero-order valence-electron chi connectivity index (χ0n) is 14.4. The number of rotatable bonds is 7. The third-order valence-electron chi connectivity index (χ3n) is 4.07. The van der Waals surface area contributed by atoms with Gasteiger partial charge in [-0.15, -0.1) is 0 Å². The van der Waals surface area contributed by atoms with Gasteiger partial charge in [0, 0.05) is 24.3 Å².